The summed E-state index contributed by atoms with van der Waals surface area (Å²) in [6, 6.07) is 7.39. The monoisotopic (exact) mass is 327 g/mol. The maximum Gasteiger partial charge on any atom is 0.319 e. The lowest BCUT2D eigenvalue weighted by Gasteiger charge is -2.17. The Labute approximate surface area is 123 Å². The summed E-state index contributed by atoms with van der Waals surface area (Å²) in [4.78, 5) is 14.0. The SMILES string of the molecule is CCN(CC)CCCNC(=O)Nc1cccc(Br)c1. The number of rotatable bonds is 7. The van der Waals surface area contributed by atoms with Gasteiger partial charge in [0.1, 0.15) is 0 Å². The van der Waals surface area contributed by atoms with Crippen LogP contribution < -0.4 is 10.6 Å². The van der Waals surface area contributed by atoms with Gasteiger partial charge in [0.25, 0.3) is 0 Å². The molecule has 2 amide bonds. The Morgan fingerprint density at radius 3 is 2.68 bits per heavy atom. The zero-order valence-corrected chi connectivity index (χ0v) is 13.2. The van der Waals surface area contributed by atoms with Crippen LogP contribution in [0.15, 0.2) is 28.7 Å². The topological polar surface area (TPSA) is 44.4 Å². The van der Waals surface area contributed by atoms with Gasteiger partial charge in [-0.3, -0.25) is 0 Å². The fraction of sp³-hybridized carbons (Fsp3) is 0.500. The molecule has 4 nitrogen and oxygen atoms in total. The van der Waals surface area contributed by atoms with Crippen molar-refractivity contribution >= 4 is 27.6 Å². The first-order chi connectivity index (χ1) is 9.15. The van der Waals surface area contributed by atoms with Crippen LogP contribution in [-0.2, 0) is 0 Å². The van der Waals surface area contributed by atoms with E-state index in [4.69, 9.17) is 0 Å². The number of hydrogen-bond acceptors (Lipinski definition) is 2. The van der Waals surface area contributed by atoms with Gasteiger partial charge >= 0.3 is 6.03 Å². The van der Waals surface area contributed by atoms with E-state index in [9.17, 15) is 4.79 Å². The highest BCUT2D eigenvalue weighted by atomic mass is 79.9. The molecule has 0 saturated heterocycles. The summed E-state index contributed by atoms with van der Waals surface area (Å²) in [5.74, 6) is 0. The van der Waals surface area contributed by atoms with E-state index in [0.29, 0.717) is 6.54 Å². The maximum absolute atomic E-state index is 11.7. The van der Waals surface area contributed by atoms with Gasteiger partial charge in [-0.1, -0.05) is 35.8 Å². The first-order valence-electron chi connectivity index (χ1n) is 6.68. The van der Waals surface area contributed by atoms with Gasteiger partial charge in [0.05, 0.1) is 0 Å². The van der Waals surface area contributed by atoms with Crippen molar-refractivity contribution in [2.45, 2.75) is 20.3 Å². The average Bonchev–Trinajstić information content (AvgIpc) is 2.39. The second-order valence-corrected chi connectivity index (χ2v) is 5.19. The maximum atomic E-state index is 11.7. The van der Waals surface area contributed by atoms with E-state index in [1.54, 1.807) is 0 Å². The normalized spacial score (nSPS) is 10.5. The van der Waals surface area contributed by atoms with Crippen molar-refractivity contribution in [3.05, 3.63) is 28.7 Å². The van der Waals surface area contributed by atoms with E-state index < -0.39 is 0 Å². The summed E-state index contributed by atoms with van der Waals surface area (Å²) in [5, 5.41) is 5.67. The molecule has 0 spiro atoms. The molecule has 2 N–H and O–H groups in total. The van der Waals surface area contributed by atoms with E-state index in [0.717, 1.165) is 36.2 Å². The van der Waals surface area contributed by atoms with Crippen LogP contribution in [-0.4, -0.2) is 37.1 Å². The molecule has 106 valence electrons. The van der Waals surface area contributed by atoms with Gasteiger partial charge in [-0.05, 0) is 44.3 Å². The molecular formula is C14H22BrN3O. The number of anilines is 1. The molecule has 19 heavy (non-hydrogen) atoms. The molecule has 0 aromatic heterocycles. The summed E-state index contributed by atoms with van der Waals surface area (Å²) in [7, 11) is 0. The standard InChI is InChI=1S/C14H22BrN3O/c1-3-18(4-2)10-6-9-16-14(19)17-13-8-5-7-12(15)11-13/h5,7-8,11H,3-4,6,9-10H2,1-2H3,(H2,16,17,19). The van der Waals surface area contributed by atoms with Crippen molar-refractivity contribution in [3.63, 3.8) is 0 Å². The van der Waals surface area contributed by atoms with Crippen LogP contribution in [0.4, 0.5) is 10.5 Å². The Morgan fingerprint density at radius 2 is 2.05 bits per heavy atom. The van der Waals surface area contributed by atoms with Gasteiger partial charge in [-0.25, -0.2) is 4.79 Å². The van der Waals surface area contributed by atoms with Crippen LogP contribution in [0, 0.1) is 0 Å². The van der Waals surface area contributed by atoms with Crippen LogP contribution in [0.3, 0.4) is 0 Å². The van der Waals surface area contributed by atoms with Gasteiger partial charge in [-0.15, -0.1) is 0 Å². The summed E-state index contributed by atoms with van der Waals surface area (Å²) < 4.78 is 0.951. The number of hydrogen-bond donors (Lipinski definition) is 2. The van der Waals surface area contributed by atoms with E-state index in [1.165, 1.54) is 0 Å². The Balaban J connectivity index is 2.21. The molecule has 1 rings (SSSR count). The van der Waals surface area contributed by atoms with Gasteiger partial charge in [0.15, 0.2) is 0 Å². The lowest BCUT2D eigenvalue weighted by Crippen LogP contribution is -2.32. The third kappa shape index (κ3) is 6.59. The Hall–Kier alpha value is -1.07. The molecule has 1 aromatic rings. The second kappa shape index (κ2) is 8.93. The summed E-state index contributed by atoms with van der Waals surface area (Å²) in [6.07, 6.45) is 0.966. The van der Waals surface area contributed by atoms with Gasteiger partial charge < -0.3 is 15.5 Å². The third-order valence-electron chi connectivity index (χ3n) is 2.91. The van der Waals surface area contributed by atoms with E-state index in [-0.39, 0.29) is 6.03 Å². The lowest BCUT2D eigenvalue weighted by molar-refractivity contribution is 0.250. The molecule has 0 heterocycles. The number of nitrogens with zero attached hydrogens (tertiary/aromatic N) is 1. The van der Waals surface area contributed by atoms with E-state index >= 15 is 0 Å². The molecule has 0 aliphatic heterocycles. The van der Waals surface area contributed by atoms with Gasteiger partial charge in [0.2, 0.25) is 0 Å². The number of urea groups is 1. The fourth-order valence-corrected chi connectivity index (χ4v) is 2.19. The molecule has 1 aromatic carbocycles. The number of halogens is 1. The van der Waals surface area contributed by atoms with Crippen molar-refractivity contribution in [2.24, 2.45) is 0 Å². The van der Waals surface area contributed by atoms with Crippen molar-refractivity contribution in [1.82, 2.24) is 10.2 Å². The molecule has 5 heteroatoms. The third-order valence-corrected chi connectivity index (χ3v) is 3.41. The van der Waals surface area contributed by atoms with Crippen LogP contribution >= 0.6 is 15.9 Å². The highest BCUT2D eigenvalue weighted by Crippen LogP contribution is 2.15. The predicted octanol–water partition coefficient (Wildman–Crippen LogP) is 3.30. The summed E-state index contributed by atoms with van der Waals surface area (Å²) in [6.45, 7) is 8.12. The predicted molar refractivity (Wildman–Crippen MR) is 83.6 cm³/mol. The number of nitrogens with one attached hydrogen (secondary N) is 2. The fourth-order valence-electron chi connectivity index (χ4n) is 1.79. The highest BCUT2D eigenvalue weighted by molar-refractivity contribution is 9.10. The van der Waals surface area contributed by atoms with Gasteiger partial charge in [-0.2, -0.15) is 0 Å². The van der Waals surface area contributed by atoms with Crippen LogP contribution in [0.2, 0.25) is 0 Å². The van der Waals surface area contributed by atoms with Crippen molar-refractivity contribution < 1.29 is 4.79 Å². The van der Waals surface area contributed by atoms with E-state index in [2.05, 4.69) is 45.3 Å². The number of benzene rings is 1. The molecule has 0 saturated carbocycles. The van der Waals surface area contributed by atoms with Crippen molar-refractivity contribution in [3.8, 4) is 0 Å². The number of amides is 2. The summed E-state index contributed by atoms with van der Waals surface area (Å²) in [5.41, 5.74) is 0.788. The first kappa shape index (κ1) is 16.0. The summed E-state index contributed by atoms with van der Waals surface area (Å²) >= 11 is 3.37. The second-order valence-electron chi connectivity index (χ2n) is 4.27. The zero-order chi connectivity index (χ0) is 14.1. The Bertz CT molecular complexity index is 394. The van der Waals surface area contributed by atoms with Crippen molar-refractivity contribution in [2.75, 3.05) is 31.5 Å². The molecule has 0 fully saturated rings. The molecule has 0 radical (unpaired) electrons. The molecule has 0 atom stereocenters. The van der Waals surface area contributed by atoms with Crippen LogP contribution in [0.5, 0.6) is 0 Å². The minimum atomic E-state index is -0.155. The minimum Gasteiger partial charge on any atom is -0.338 e. The molecular weight excluding hydrogens is 306 g/mol. The first-order valence-corrected chi connectivity index (χ1v) is 7.47. The number of carbonyl (C=O) groups excluding carboxylic acids is 1. The van der Waals surface area contributed by atoms with Crippen molar-refractivity contribution in [1.29, 1.82) is 0 Å². The molecule has 0 aliphatic carbocycles. The smallest absolute Gasteiger partial charge is 0.319 e. The Morgan fingerprint density at radius 1 is 1.32 bits per heavy atom. The molecule has 0 aliphatic rings. The zero-order valence-electron chi connectivity index (χ0n) is 11.6. The minimum absolute atomic E-state index is 0.155. The average molecular weight is 328 g/mol. The molecule has 0 unspecified atom stereocenters. The molecule has 0 bridgehead atoms. The van der Waals surface area contributed by atoms with Gasteiger partial charge in [0, 0.05) is 16.7 Å². The highest BCUT2D eigenvalue weighted by Gasteiger charge is 2.02. The lowest BCUT2D eigenvalue weighted by atomic mass is 10.3. The largest absolute Gasteiger partial charge is 0.338 e. The van der Waals surface area contributed by atoms with Crippen LogP contribution in [0.25, 0.3) is 0 Å². The quantitative estimate of drug-likeness (QED) is 0.754. The van der Waals surface area contributed by atoms with E-state index in [1.807, 2.05) is 24.3 Å². The number of carbonyl (C=O) groups is 1. The Kier molecular flexibility index (Phi) is 7.52. The van der Waals surface area contributed by atoms with Crippen LogP contribution in [0.1, 0.15) is 20.3 Å².